The van der Waals surface area contributed by atoms with Crippen molar-refractivity contribution in [2.24, 2.45) is 0 Å². The molecule has 1 saturated heterocycles. The van der Waals surface area contributed by atoms with Crippen molar-refractivity contribution >= 4 is 23.0 Å². The molecule has 7 heteroatoms. The number of hydrogen-bond acceptors (Lipinski definition) is 6. The van der Waals surface area contributed by atoms with Crippen LogP contribution in [0.3, 0.4) is 0 Å². The third-order valence-corrected chi connectivity index (χ3v) is 4.12. The molecule has 1 fully saturated rings. The van der Waals surface area contributed by atoms with Crippen molar-refractivity contribution in [2.45, 2.75) is 18.9 Å². The van der Waals surface area contributed by atoms with Crippen LogP contribution >= 0.6 is 0 Å². The Bertz CT molecular complexity index is 815. The summed E-state index contributed by atoms with van der Waals surface area (Å²) in [5, 5.41) is 3.03. The number of benzene rings is 1. The van der Waals surface area contributed by atoms with Gasteiger partial charge in [0.2, 0.25) is 0 Å². The number of carbonyl (C=O) groups excluding carboxylic acids is 1. The largest absolute Gasteiger partial charge is 0.423 e. The molecule has 1 atom stereocenters. The van der Waals surface area contributed by atoms with E-state index in [1.807, 2.05) is 24.3 Å². The van der Waals surface area contributed by atoms with E-state index in [0.717, 1.165) is 30.5 Å². The number of hydrogen-bond donors (Lipinski definition) is 1. The molecule has 0 saturated carbocycles. The lowest BCUT2D eigenvalue weighted by atomic mass is 10.1. The van der Waals surface area contributed by atoms with Gasteiger partial charge in [-0.05, 0) is 31.0 Å². The Morgan fingerprint density at radius 1 is 1.29 bits per heavy atom. The summed E-state index contributed by atoms with van der Waals surface area (Å²) in [6, 6.07) is 9.96. The van der Waals surface area contributed by atoms with Gasteiger partial charge in [0.1, 0.15) is 17.5 Å². The zero-order chi connectivity index (χ0) is 16.4. The lowest BCUT2D eigenvalue weighted by Gasteiger charge is -2.31. The molecule has 1 aliphatic heterocycles. The highest BCUT2D eigenvalue weighted by Gasteiger charge is 2.25. The summed E-state index contributed by atoms with van der Waals surface area (Å²) in [4.78, 5) is 26.7. The van der Waals surface area contributed by atoms with Gasteiger partial charge in [-0.3, -0.25) is 4.79 Å². The molecular weight excluding hydrogens is 306 g/mol. The third-order valence-electron chi connectivity index (χ3n) is 4.12. The second-order valence-electron chi connectivity index (χ2n) is 5.82. The Kier molecular flexibility index (Phi) is 3.82. The molecule has 1 amide bonds. The fourth-order valence-electron chi connectivity index (χ4n) is 2.95. The smallest absolute Gasteiger partial charge is 0.298 e. The van der Waals surface area contributed by atoms with Crippen LogP contribution in [0, 0.1) is 0 Å². The van der Waals surface area contributed by atoms with Crippen molar-refractivity contribution in [3.05, 3.63) is 48.5 Å². The quantitative estimate of drug-likeness (QED) is 0.794. The van der Waals surface area contributed by atoms with E-state index in [-0.39, 0.29) is 11.9 Å². The first-order valence-electron chi connectivity index (χ1n) is 7.97. The lowest BCUT2D eigenvalue weighted by molar-refractivity contribution is 0.0927. The van der Waals surface area contributed by atoms with Gasteiger partial charge in [-0.2, -0.15) is 4.98 Å². The van der Waals surface area contributed by atoms with Crippen molar-refractivity contribution < 1.29 is 9.21 Å². The molecule has 1 aliphatic rings. The molecule has 122 valence electrons. The Labute approximate surface area is 138 Å². The lowest BCUT2D eigenvalue weighted by Crippen LogP contribution is -2.48. The highest BCUT2D eigenvalue weighted by atomic mass is 16.4. The van der Waals surface area contributed by atoms with E-state index < -0.39 is 0 Å². The molecule has 1 aromatic carbocycles. The second kappa shape index (κ2) is 6.27. The molecule has 1 N–H and O–H groups in total. The Balaban J connectivity index is 1.46. The van der Waals surface area contributed by atoms with Crippen LogP contribution in [0.4, 0.5) is 6.01 Å². The summed E-state index contributed by atoms with van der Waals surface area (Å²) in [5.41, 5.74) is 2.00. The SMILES string of the molecule is O=C(NC1CCCN(c2nc3ccccc3o2)C1)c1ccncn1. The van der Waals surface area contributed by atoms with Gasteiger partial charge in [-0.15, -0.1) is 0 Å². The van der Waals surface area contributed by atoms with Gasteiger partial charge in [0.25, 0.3) is 11.9 Å². The number of carbonyl (C=O) groups is 1. The monoisotopic (exact) mass is 323 g/mol. The van der Waals surface area contributed by atoms with Gasteiger partial charge < -0.3 is 14.6 Å². The van der Waals surface area contributed by atoms with E-state index in [9.17, 15) is 4.79 Å². The molecule has 1 unspecified atom stereocenters. The molecule has 0 spiro atoms. The van der Waals surface area contributed by atoms with E-state index >= 15 is 0 Å². The third kappa shape index (κ3) is 2.92. The van der Waals surface area contributed by atoms with E-state index in [2.05, 4.69) is 25.2 Å². The Morgan fingerprint density at radius 3 is 3.04 bits per heavy atom. The van der Waals surface area contributed by atoms with Gasteiger partial charge in [0, 0.05) is 25.3 Å². The van der Waals surface area contributed by atoms with Gasteiger partial charge in [0.05, 0.1) is 0 Å². The molecule has 24 heavy (non-hydrogen) atoms. The first kappa shape index (κ1) is 14.6. The van der Waals surface area contributed by atoms with Crippen LogP contribution in [0.15, 0.2) is 47.3 Å². The summed E-state index contributed by atoms with van der Waals surface area (Å²) < 4.78 is 5.83. The fourth-order valence-corrected chi connectivity index (χ4v) is 2.95. The first-order chi connectivity index (χ1) is 11.8. The van der Waals surface area contributed by atoms with Crippen LogP contribution < -0.4 is 10.2 Å². The number of para-hydroxylation sites is 2. The Hall–Kier alpha value is -2.96. The maximum Gasteiger partial charge on any atom is 0.298 e. The summed E-state index contributed by atoms with van der Waals surface area (Å²) in [5.74, 6) is -0.179. The number of nitrogens with one attached hydrogen (secondary N) is 1. The first-order valence-corrected chi connectivity index (χ1v) is 7.97. The van der Waals surface area contributed by atoms with Crippen LogP contribution in [0.5, 0.6) is 0 Å². The minimum Gasteiger partial charge on any atom is -0.423 e. The van der Waals surface area contributed by atoms with Crippen molar-refractivity contribution in [3.8, 4) is 0 Å². The Morgan fingerprint density at radius 2 is 2.21 bits per heavy atom. The molecule has 3 heterocycles. The van der Waals surface area contributed by atoms with E-state index in [0.29, 0.717) is 18.3 Å². The van der Waals surface area contributed by atoms with Gasteiger partial charge >= 0.3 is 0 Å². The second-order valence-corrected chi connectivity index (χ2v) is 5.82. The summed E-state index contributed by atoms with van der Waals surface area (Å²) >= 11 is 0. The molecule has 4 rings (SSSR count). The van der Waals surface area contributed by atoms with Gasteiger partial charge in [-0.25, -0.2) is 9.97 Å². The zero-order valence-corrected chi connectivity index (χ0v) is 13.1. The number of amides is 1. The minimum absolute atomic E-state index is 0.0382. The number of aromatic nitrogens is 3. The molecule has 2 aromatic heterocycles. The van der Waals surface area contributed by atoms with Crippen LogP contribution in [0.2, 0.25) is 0 Å². The zero-order valence-electron chi connectivity index (χ0n) is 13.1. The maximum absolute atomic E-state index is 12.2. The normalized spacial score (nSPS) is 17.8. The average Bonchev–Trinajstić information content (AvgIpc) is 3.07. The minimum atomic E-state index is -0.179. The van der Waals surface area contributed by atoms with E-state index in [4.69, 9.17) is 4.42 Å². The number of anilines is 1. The topological polar surface area (TPSA) is 84.2 Å². The summed E-state index contributed by atoms with van der Waals surface area (Å²) in [6.07, 6.45) is 4.83. The van der Waals surface area contributed by atoms with E-state index in [1.54, 1.807) is 12.3 Å². The molecule has 3 aromatic rings. The van der Waals surface area contributed by atoms with Crippen molar-refractivity contribution in [1.29, 1.82) is 0 Å². The average molecular weight is 323 g/mol. The van der Waals surface area contributed by atoms with Crippen LogP contribution in [0.25, 0.3) is 11.1 Å². The molecule has 0 aliphatic carbocycles. The molecule has 0 bridgehead atoms. The van der Waals surface area contributed by atoms with E-state index in [1.165, 1.54) is 6.33 Å². The van der Waals surface area contributed by atoms with Crippen LogP contribution in [-0.2, 0) is 0 Å². The number of oxazole rings is 1. The molecule has 7 nitrogen and oxygen atoms in total. The standard InChI is InChI=1S/C17H17N5O2/c23-16(14-7-8-18-11-19-14)20-12-4-3-9-22(10-12)17-21-13-5-1-2-6-15(13)24-17/h1-2,5-8,11-12H,3-4,9-10H2,(H,20,23). The van der Waals surface area contributed by atoms with Gasteiger partial charge in [-0.1, -0.05) is 12.1 Å². The predicted octanol–water partition coefficient (Wildman–Crippen LogP) is 2.02. The number of nitrogens with zero attached hydrogens (tertiary/aromatic N) is 4. The molecular formula is C17H17N5O2. The summed E-state index contributed by atoms with van der Waals surface area (Å²) in [7, 11) is 0. The maximum atomic E-state index is 12.2. The number of fused-ring (bicyclic) bond motifs is 1. The molecule has 0 radical (unpaired) electrons. The summed E-state index contributed by atoms with van der Waals surface area (Å²) in [6.45, 7) is 1.54. The van der Waals surface area contributed by atoms with Crippen molar-refractivity contribution in [1.82, 2.24) is 20.3 Å². The van der Waals surface area contributed by atoms with Crippen molar-refractivity contribution in [3.63, 3.8) is 0 Å². The van der Waals surface area contributed by atoms with Crippen LogP contribution in [0.1, 0.15) is 23.3 Å². The highest BCUT2D eigenvalue weighted by molar-refractivity contribution is 5.92. The number of rotatable bonds is 3. The fraction of sp³-hybridized carbons (Fsp3) is 0.294. The highest BCUT2D eigenvalue weighted by Crippen LogP contribution is 2.24. The predicted molar refractivity (Wildman–Crippen MR) is 88.7 cm³/mol. The van der Waals surface area contributed by atoms with Crippen LogP contribution in [-0.4, -0.2) is 40.0 Å². The number of piperidine rings is 1. The van der Waals surface area contributed by atoms with Gasteiger partial charge in [0.15, 0.2) is 5.58 Å². The van der Waals surface area contributed by atoms with Crippen molar-refractivity contribution in [2.75, 3.05) is 18.0 Å².